The van der Waals surface area contributed by atoms with Crippen molar-refractivity contribution in [2.75, 3.05) is 19.6 Å². The number of nitrogens with one attached hydrogen (secondary N) is 1. The van der Waals surface area contributed by atoms with E-state index in [-0.39, 0.29) is 11.9 Å². The third-order valence-electron chi connectivity index (χ3n) is 3.48. The largest absolute Gasteiger partial charge is 0.392 e. The van der Waals surface area contributed by atoms with E-state index in [1.165, 1.54) is 0 Å². The summed E-state index contributed by atoms with van der Waals surface area (Å²) in [6.45, 7) is 2.38. The van der Waals surface area contributed by atoms with Gasteiger partial charge in [-0.1, -0.05) is 35.4 Å². The molecule has 3 N–H and O–H groups in total. The van der Waals surface area contributed by atoms with Crippen LogP contribution in [0.2, 0.25) is 10.0 Å². The number of thiocarbonyl (C=S) groups is 1. The Morgan fingerprint density at radius 2 is 2.05 bits per heavy atom. The van der Waals surface area contributed by atoms with Crippen LogP contribution in [0.4, 0.5) is 0 Å². The maximum absolute atomic E-state index is 12.2. The Balaban J connectivity index is 1.88. The summed E-state index contributed by atoms with van der Waals surface area (Å²) in [4.78, 5) is 14.9. The second-order valence-corrected chi connectivity index (χ2v) is 6.48. The Kier molecular flexibility index (Phi) is 5.81. The van der Waals surface area contributed by atoms with Gasteiger partial charge < -0.3 is 11.1 Å². The van der Waals surface area contributed by atoms with E-state index in [2.05, 4.69) is 10.2 Å². The predicted octanol–water partition coefficient (Wildman–Crippen LogP) is 2.47. The molecule has 0 spiro atoms. The molecule has 0 aromatic heterocycles. The third-order valence-corrected chi connectivity index (χ3v) is 4.15. The maximum atomic E-state index is 12.2. The third kappa shape index (κ3) is 4.81. The first-order valence-electron chi connectivity index (χ1n) is 6.72. The Morgan fingerprint density at radius 1 is 1.38 bits per heavy atom. The fourth-order valence-corrected chi connectivity index (χ4v) is 3.07. The van der Waals surface area contributed by atoms with Crippen molar-refractivity contribution in [1.82, 2.24) is 10.2 Å². The van der Waals surface area contributed by atoms with Crippen LogP contribution >= 0.6 is 35.4 Å². The van der Waals surface area contributed by atoms with Crippen LogP contribution in [0.5, 0.6) is 0 Å². The first kappa shape index (κ1) is 16.5. The molecule has 0 unspecified atom stereocenters. The molecule has 1 aliphatic heterocycles. The second kappa shape index (κ2) is 7.40. The molecule has 1 amide bonds. The molecular weight excluding hydrogens is 329 g/mol. The Morgan fingerprint density at radius 3 is 2.62 bits per heavy atom. The van der Waals surface area contributed by atoms with E-state index < -0.39 is 0 Å². The standard InChI is InChI=1S/C14H17Cl2N3OS/c15-9-1-2-11(12(16)7-9)14(20)18-10-3-5-19(6-4-10)8-13(17)21/h1-2,7,10H,3-6,8H2,(H2,17,21)(H,18,20). The number of benzene rings is 1. The number of nitrogens with zero attached hydrogens (tertiary/aromatic N) is 1. The molecule has 1 fully saturated rings. The summed E-state index contributed by atoms with van der Waals surface area (Å²) in [7, 11) is 0. The highest BCUT2D eigenvalue weighted by Crippen LogP contribution is 2.21. The quantitative estimate of drug-likeness (QED) is 0.823. The number of piperidine rings is 1. The molecule has 0 bridgehead atoms. The van der Waals surface area contributed by atoms with Gasteiger partial charge in [-0.15, -0.1) is 0 Å². The number of amides is 1. The van der Waals surface area contributed by atoms with Gasteiger partial charge in [0, 0.05) is 30.7 Å². The fraction of sp³-hybridized carbons (Fsp3) is 0.429. The molecule has 1 aliphatic rings. The van der Waals surface area contributed by atoms with Crippen molar-refractivity contribution in [2.45, 2.75) is 18.9 Å². The number of carbonyl (C=O) groups excluding carboxylic acids is 1. The van der Waals surface area contributed by atoms with E-state index in [4.69, 9.17) is 41.2 Å². The monoisotopic (exact) mass is 345 g/mol. The van der Waals surface area contributed by atoms with Crippen LogP contribution < -0.4 is 11.1 Å². The van der Waals surface area contributed by atoms with E-state index >= 15 is 0 Å². The number of halogens is 2. The summed E-state index contributed by atoms with van der Waals surface area (Å²) >= 11 is 16.8. The molecule has 2 rings (SSSR count). The molecular formula is C14H17Cl2N3OS. The normalized spacial score (nSPS) is 16.7. The number of rotatable bonds is 4. The van der Waals surface area contributed by atoms with Gasteiger partial charge in [-0.3, -0.25) is 9.69 Å². The lowest BCUT2D eigenvalue weighted by Gasteiger charge is -2.32. The average Bonchev–Trinajstić information content (AvgIpc) is 2.40. The first-order chi connectivity index (χ1) is 9.95. The number of nitrogens with two attached hydrogens (primary N) is 1. The fourth-order valence-electron chi connectivity index (χ4n) is 2.39. The van der Waals surface area contributed by atoms with Gasteiger partial charge >= 0.3 is 0 Å². The van der Waals surface area contributed by atoms with Crippen molar-refractivity contribution >= 4 is 46.3 Å². The number of hydrogen-bond donors (Lipinski definition) is 2. The minimum absolute atomic E-state index is 0.145. The van der Waals surface area contributed by atoms with E-state index in [0.29, 0.717) is 27.1 Å². The topological polar surface area (TPSA) is 58.4 Å². The van der Waals surface area contributed by atoms with Crippen molar-refractivity contribution < 1.29 is 4.79 Å². The van der Waals surface area contributed by atoms with Crippen molar-refractivity contribution in [3.63, 3.8) is 0 Å². The molecule has 114 valence electrons. The summed E-state index contributed by atoms with van der Waals surface area (Å²) in [5.74, 6) is -0.163. The van der Waals surface area contributed by atoms with Gasteiger partial charge in [0.05, 0.1) is 15.6 Å². The molecule has 1 saturated heterocycles. The van der Waals surface area contributed by atoms with Crippen molar-refractivity contribution in [2.24, 2.45) is 5.73 Å². The zero-order chi connectivity index (χ0) is 15.4. The van der Waals surface area contributed by atoms with Crippen molar-refractivity contribution in [3.8, 4) is 0 Å². The Labute approximate surface area is 139 Å². The minimum Gasteiger partial charge on any atom is -0.392 e. The van der Waals surface area contributed by atoms with E-state index in [0.717, 1.165) is 25.9 Å². The predicted molar refractivity (Wildman–Crippen MR) is 90.2 cm³/mol. The SMILES string of the molecule is NC(=S)CN1CCC(NC(=O)c2ccc(Cl)cc2Cl)CC1. The summed E-state index contributed by atoms with van der Waals surface area (Å²) in [6, 6.07) is 5.02. The summed E-state index contributed by atoms with van der Waals surface area (Å²) in [5.41, 5.74) is 5.99. The van der Waals surface area contributed by atoms with Gasteiger partial charge in [-0.2, -0.15) is 0 Å². The molecule has 0 saturated carbocycles. The molecule has 1 aromatic carbocycles. The summed E-state index contributed by atoms with van der Waals surface area (Å²) in [6.07, 6.45) is 1.75. The number of likely N-dealkylation sites (tertiary alicyclic amines) is 1. The molecule has 0 radical (unpaired) electrons. The van der Waals surface area contributed by atoms with Gasteiger partial charge in [0.2, 0.25) is 0 Å². The first-order valence-corrected chi connectivity index (χ1v) is 7.88. The van der Waals surface area contributed by atoms with Crippen LogP contribution in [0.3, 0.4) is 0 Å². The van der Waals surface area contributed by atoms with Crippen LogP contribution in [0.25, 0.3) is 0 Å². The maximum Gasteiger partial charge on any atom is 0.253 e. The van der Waals surface area contributed by atoms with Crippen LogP contribution in [-0.4, -0.2) is 41.5 Å². The molecule has 4 nitrogen and oxygen atoms in total. The molecule has 0 aliphatic carbocycles. The van der Waals surface area contributed by atoms with Gasteiger partial charge in [0.25, 0.3) is 5.91 Å². The molecule has 7 heteroatoms. The molecule has 21 heavy (non-hydrogen) atoms. The minimum atomic E-state index is -0.163. The second-order valence-electron chi connectivity index (χ2n) is 5.11. The molecule has 0 atom stereocenters. The summed E-state index contributed by atoms with van der Waals surface area (Å²) in [5, 5.41) is 3.89. The smallest absolute Gasteiger partial charge is 0.253 e. The zero-order valence-corrected chi connectivity index (χ0v) is 13.8. The van der Waals surface area contributed by atoms with E-state index in [9.17, 15) is 4.79 Å². The van der Waals surface area contributed by atoms with Gasteiger partial charge in [-0.25, -0.2) is 0 Å². The zero-order valence-electron chi connectivity index (χ0n) is 11.4. The number of hydrogen-bond acceptors (Lipinski definition) is 3. The van der Waals surface area contributed by atoms with Gasteiger partial charge in [0.15, 0.2) is 0 Å². The van der Waals surface area contributed by atoms with Crippen LogP contribution in [0.15, 0.2) is 18.2 Å². The van der Waals surface area contributed by atoms with E-state index in [1.807, 2.05) is 0 Å². The van der Waals surface area contributed by atoms with Crippen LogP contribution in [-0.2, 0) is 0 Å². The Hall–Kier alpha value is -0.880. The lowest BCUT2D eigenvalue weighted by molar-refractivity contribution is 0.0915. The molecule has 1 heterocycles. The van der Waals surface area contributed by atoms with Crippen molar-refractivity contribution in [3.05, 3.63) is 33.8 Å². The highest BCUT2D eigenvalue weighted by molar-refractivity contribution is 7.80. The number of carbonyl (C=O) groups is 1. The van der Waals surface area contributed by atoms with Crippen molar-refractivity contribution in [1.29, 1.82) is 0 Å². The lowest BCUT2D eigenvalue weighted by Crippen LogP contribution is -2.46. The van der Waals surface area contributed by atoms with Crippen LogP contribution in [0.1, 0.15) is 23.2 Å². The van der Waals surface area contributed by atoms with Crippen LogP contribution in [0, 0.1) is 0 Å². The highest BCUT2D eigenvalue weighted by Gasteiger charge is 2.22. The molecule has 1 aromatic rings. The average molecular weight is 346 g/mol. The summed E-state index contributed by atoms with van der Waals surface area (Å²) < 4.78 is 0. The Bertz CT molecular complexity index is 545. The van der Waals surface area contributed by atoms with E-state index in [1.54, 1.807) is 18.2 Å². The van der Waals surface area contributed by atoms with Gasteiger partial charge in [0.1, 0.15) is 0 Å². The lowest BCUT2D eigenvalue weighted by atomic mass is 10.0. The highest BCUT2D eigenvalue weighted by atomic mass is 35.5. The van der Waals surface area contributed by atoms with Gasteiger partial charge in [-0.05, 0) is 31.0 Å².